The molecule has 0 aromatic heterocycles. The monoisotopic (exact) mass is 251 g/mol. The standard InChI is InChI=1S/C3H8O3.Cu.H2O4S/c4-1-3(6)2-5;;1-5(2,3)4/h3-6H,1-2H2;;(H2,1,2,3,4)/q;+2;/p-2. The zero-order chi connectivity index (χ0) is 9.49. The SMILES string of the molecule is O=S(=O)([O-])[O-].OCC(O)CO.[Cu+2]. The Kier molecular flexibility index (Phi) is 14.1. The molecule has 7 nitrogen and oxygen atoms in total. The van der Waals surface area contributed by atoms with E-state index in [0.717, 1.165) is 0 Å². The van der Waals surface area contributed by atoms with E-state index in [1.807, 2.05) is 0 Å². The molecule has 0 aliphatic carbocycles. The van der Waals surface area contributed by atoms with E-state index in [2.05, 4.69) is 0 Å². The van der Waals surface area contributed by atoms with Crippen LogP contribution in [0.3, 0.4) is 0 Å². The molecule has 3 N–H and O–H groups in total. The van der Waals surface area contributed by atoms with Gasteiger partial charge in [0, 0.05) is 10.4 Å². The molecule has 0 saturated heterocycles. The van der Waals surface area contributed by atoms with E-state index >= 15 is 0 Å². The van der Waals surface area contributed by atoms with Crippen LogP contribution in [0.2, 0.25) is 0 Å². The summed E-state index contributed by atoms with van der Waals surface area (Å²) in [7, 11) is -5.17. The first-order chi connectivity index (χ1) is 4.81. The fourth-order valence-electron chi connectivity index (χ4n) is 0.0577. The molecule has 0 amide bonds. The molecule has 0 unspecified atom stereocenters. The minimum atomic E-state index is -5.17. The summed E-state index contributed by atoms with van der Waals surface area (Å²) in [4.78, 5) is 0. The third-order valence-electron chi connectivity index (χ3n) is 0.421. The van der Waals surface area contributed by atoms with Gasteiger partial charge in [0.15, 0.2) is 0 Å². The normalized spacial score (nSPS) is 9.83. The van der Waals surface area contributed by atoms with Crippen LogP contribution in [0.15, 0.2) is 0 Å². The molecule has 0 saturated carbocycles. The molecule has 0 rings (SSSR count). The van der Waals surface area contributed by atoms with Gasteiger partial charge in [-0.15, -0.1) is 0 Å². The predicted octanol–water partition coefficient (Wildman–Crippen LogP) is -3.01. The molecule has 12 heavy (non-hydrogen) atoms. The molecular weight excluding hydrogens is 244 g/mol. The van der Waals surface area contributed by atoms with E-state index in [4.69, 9.17) is 32.8 Å². The van der Waals surface area contributed by atoms with E-state index in [9.17, 15) is 0 Å². The Morgan fingerprint density at radius 2 is 1.33 bits per heavy atom. The average molecular weight is 252 g/mol. The van der Waals surface area contributed by atoms with Crippen molar-refractivity contribution in [3.05, 3.63) is 0 Å². The van der Waals surface area contributed by atoms with E-state index in [0.29, 0.717) is 0 Å². The van der Waals surface area contributed by atoms with Crippen molar-refractivity contribution < 1.29 is 49.9 Å². The smallest absolute Gasteiger partial charge is 0.759 e. The first-order valence-electron chi connectivity index (χ1n) is 2.37. The Balaban J connectivity index is -0.000000126. The van der Waals surface area contributed by atoms with Crippen molar-refractivity contribution in [2.45, 2.75) is 6.10 Å². The second kappa shape index (κ2) is 9.36. The number of aliphatic hydroxyl groups excluding tert-OH is 3. The zero-order valence-electron chi connectivity index (χ0n) is 5.68. The van der Waals surface area contributed by atoms with Crippen molar-refractivity contribution in [2.75, 3.05) is 13.2 Å². The number of aliphatic hydroxyl groups is 3. The van der Waals surface area contributed by atoms with Gasteiger partial charge < -0.3 is 24.4 Å². The quantitative estimate of drug-likeness (QED) is 0.270. The van der Waals surface area contributed by atoms with Crippen LogP contribution in [0.5, 0.6) is 0 Å². The van der Waals surface area contributed by atoms with Crippen LogP contribution in [-0.2, 0) is 27.5 Å². The Labute approximate surface area is 80.1 Å². The van der Waals surface area contributed by atoms with E-state index < -0.39 is 16.5 Å². The van der Waals surface area contributed by atoms with Gasteiger partial charge in [0.1, 0.15) is 6.10 Å². The maximum Gasteiger partial charge on any atom is 2.00 e. The van der Waals surface area contributed by atoms with Gasteiger partial charge in [-0.25, -0.2) is 0 Å². The molecule has 0 aliphatic rings. The van der Waals surface area contributed by atoms with Crippen molar-refractivity contribution >= 4 is 10.4 Å². The molecule has 0 spiro atoms. The molecule has 1 radical (unpaired) electrons. The van der Waals surface area contributed by atoms with Gasteiger partial charge in [-0.3, -0.25) is 8.42 Å². The molecule has 0 aromatic carbocycles. The number of hydrogen-bond acceptors (Lipinski definition) is 7. The molecule has 0 aliphatic heterocycles. The summed E-state index contributed by atoms with van der Waals surface area (Å²) in [6, 6.07) is 0. The maximum atomic E-state index is 8.52. The van der Waals surface area contributed by atoms with Crippen LogP contribution >= 0.6 is 0 Å². The van der Waals surface area contributed by atoms with Gasteiger partial charge in [0.2, 0.25) is 0 Å². The first-order valence-corrected chi connectivity index (χ1v) is 3.71. The van der Waals surface area contributed by atoms with Crippen molar-refractivity contribution in [1.29, 1.82) is 0 Å². The van der Waals surface area contributed by atoms with Gasteiger partial charge in [-0.05, 0) is 0 Å². The van der Waals surface area contributed by atoms with Crippen LogP contribution in [0.4, 0.5) is 0 Å². The second-order valence-electron chi connectivity index (χ2n) is 1.43. The zero-order valence-corrected chi connectivity index (χ0v) is 7.43. The third kappa shape index (κ3) is 48.4. The second-order valence-corrected chi connectivity index (χ2v) is 2.24. The average Bonchev–Trinajstić information content (AvgIpc) is 1.83. The van der Waals surface area contributed by atoms with Crippen LogP contribution in [-0.4, -0.2) is 52.2 Å². The molecule has 0 atom stereocenters. The first kappa shape index (κ1) is 18.1. The van der Waals surface area contributed by atoms with Crippen LogP contribution in [0.25, 0.3) is 0 Å². The molecule has 0 fully saturated rings. The number of hydrogen-bond donors (Lipinski definition) is 3. The Morgan fingerprint density at radius 1 is 1.17 bits per heavy atom. The Morgan fingerprint density at radius 3 is 1.33 bits per heavy atom. The molecular formula is C3H8CuO7S. The minimum absolute atomic E-state index is 0. The molecule has 0 bridgehead atoms. The topological polar surface area (TPSA) is 141 Å². The Hall–Kier alpha value is 0.269. The van der Waals surface area contributed by atoms with Gasteiger partial charge in [0.25, 0.3) is 0 Å². The van der Waals surface area contributed by atoms with Crippen molar-refractivity contribution in [2.24, 2.45) is 0 Å². The molecule has 79 valence electrons. The van der Waals surface area contributed by atoms with Gasteiger partial charge >= 0.3 is 17.1 Å². The molecule has 9 heteroatoms. The summed E-state index contributed by atoms with van der Waals surface area (Å²) in [6.07, 6.45) is -0.954. The fraction of sp³-hybridized carbons (Fsp3) is 1.00. The largest absolute Gasteiger partial charge is 2.00 e. The summed E-state index contributed by atoms with van der Waals surface area (Å²) < 4.78 is 34.1. The van der Waals surface area contributed by atoms with E-state index in [1.165, 1.54) is 0 Å². The summed E-state index contributed by atoms with van der Waals surface area (Å²) in [5, 5.41) is 24.0. The fourth-order valence-corrected chi connectivity index (χ4v) is 0.0577. The number of rotatable bonds is 2. The summed E-state index contributed by atoms with van der Waals surface area (Å²) in [6.45, 7) is -0.729. The Bertz CT molecular complexity index is 153. The van der Waals surface area contributed by atoms with Crippen LogP contribution in [0, 0.1) is 0 Å². The van der Waals surface area contributed by atoms with E-state index in [-0.39, 0.29) is 30.3 Å². The summed E-state index contributed by atoms with van der Waals surface area (Å²) in [5.74, 6) is 0. The summed E-state index contributed by atoms with van der Waals surface area (Å²) in [5.41, 5.74) is 0. The van der Waals surface area contributed by atoms with Crippen molar-refractivity contribution in [3.8, 4) is 0 Å². The van der Waals surface area contributed by atoms with Crippen LogP contribution in [0.1, 0.15) is 0 Å². The van der Waals surface area contributed by atoms with Gasteiger partial charge in [0.05, 0.1) is 13.2 Å². The van der Waals surface area contributed by atoms with Crippen molar-refractivity contribution in [1.82, 2.24) is 0 Å². The van der Waals surface area contributed by atoms with Crippen molar-refractivity contribution in [3.63, 3.8) is 0 Å². The van der Waals surface area contributed by atoms with Gasteiger partial charge in [-0.1, -0.05) is 0 Å². The predicted molar refractivity (Wildman–Crippen MR) is 30.7 cm³/mol. The summed E-state index contributed by atoms with van der Waals surface area (Å²) >= 11 is 0. The van der Waals surface area contributed by atoms with Crippen LogP contribution < -0.4 is 0 Å². The van der Waals surface area contributed by atoms with E-state index in [1.54, 1.807) is 0 Å². The van der Waals surface area contributed by atoms with Gasteiger partial charge in [-0.2, -0.15) is 0 Å². The molecule has 0 heterocycles. The minimum Gasteiger partial charge on any atom is -0.759 e. The maximum absolute atomic E-state index is 8.52. The third-order valence-corrected chi connectivity index (χ3v) is 0.421. The molecule has 0 aromatic rings.